The molecule has 0 radical (unpaired) electrons. The first-order chi connectivity index (χ1) is 16.3. The molecule has 0 aromatic heterocycles. The summed E-state index contributed by atoms with van der Waals surface area (Å²) < 4.78 is 27.7. The van der Waals surface area contributed by atoms with Crippen LogP contribution < -0.4 is 9.62 Å². The summed E-state index contributed by atoms with van der Waals surface area (Å²) in [6, 6.07) is 21.4. The van der Waals surface area contributed by atoms with Crippen LogP contribution in [-0.2, 0) is 20.6 Å². The van der Waals surface area contributed by atoms with Gasteiger partial charge in [-0.1, -0.05) is 60.2 Å². The van der Waals surface area contributed by atoms with E-state index in [0.717, 1.165) is 16.1 Å². The fourth-order valence-electron chi connectivity index (χ4n) is 3.18. The van der Waals surface area contributed by atoms with Gasteiger partial charge in [0.25, 0.3) is 15.7 Å². The zero-order valence-electron chi connectivity index (χ0n) is 18.6. The lowest BCUT2D eigenvalue weighted by molar-refractivity contribution is -0.387. The number of thioether (sulfide) groups is 1. The van der Waals surface area contributed by atoms with Crippen LogP contribution in [0.25, 0.3) is 0 Å². The van der Waals surface area contributed by atoms with Crippen molar-refractivity contribution in [1.29, 1.82) is 0 Å². The van der Waals surface area contributed by atoms with Gasteiger partial charge in [-0.25, -0.2) is 8.42 Å². The maximum atomic E-state index is 13.4. The van der Waals surface area contributed by atoms with Crippen LogP contribution in [0.1, 0.15) is 11.1 Å². The number of carbonyl (C=O) groups excluding carboxylic acids is 1. The van der Waals surface area contributed by atoms with E-state index in [1.165, 1.54) is 41.5 Å². The van der Waals surface area contributed by atoms with Crippen molar-refractivity contribution in [2.24, 2.45) is 0 Å². The van der Waals surface area contributed by atoms with Gasteiger partial charge in [-0.3, -0.25) is 19.2 Å². The SMILES string of the molecule is Cc1ccc(CSCCNC(=O)CN(c2ccccc2)S(=O)(=O)c2ccccc2[N+](=O)[O-])cc1. The minimum Gasteiger partial charge on any atom is -0.354 e. The number of anilines is 1. The molecule has 0 saturated heterocycles. The number of nitrogens with one attached hydrogen (secondary N) is 1. The number of rotatable bonds is 11. The number of nitro benzene ring substituents is 1. The smallest absolute Gasteiger partial charge is 0.289 e. The fraction of sp³-hybridized carbons (Fsp3) is 0.208. The minimum atomic E-state index is -4.37. The second-order valence-electron chi connectivity index (χ2n) is 7.46. The van der Waals surface area contributed by atoms with Gasteiger partial charge in [0.15, 0.2) is 4.90 Å². The molecule has 0 aliphatic rings. The van der Waals surface area contributed by atoms with Crippen LogP contribution in [0, 0.1) is 17.0 Å². The highest BCUT2D eigenvalue weighted by Gasteiger charge is 2.32. The Morgan fingerprint density at radius 3 is 2.32 bits per heavy atom. The number of hydrogen-bond donors (Lipinski definition) is 1. The molecule has 3 aromatic rings. The van der Waals surface area contributed by atoms with Gasteiger partial charge < -0.3 is 5.32 Å². The average Bonchev–Trinajstić information content (AvgIpc) is 2.84. The van der Waals surface area contributed by atoms with Crippen molar-refractivity contribution in [1.82, 2.24) is 5.32 Å². The highest BCUT2D eigenvalue weighted by molar-refractivity contribution is 7.98. The van der Waals surface area contributed by atoms with Crippen molar-refractivity contribution < 1.29 is 18.1 Å². The molecule has 178 valence electrons. The second-order valence-corrected chi connectivity index (χ2v) is 10.4. The van der Waals surface area contributed by atoms with Gasteiger partial charge in [-0.2, -0.15) is 11.8 Å². The van der Waals surface area contributed by atoms with Crippen LogP contribution in [-0.4, -0.2) is 38.1 Å². The molecule has 3 rings (SSSR count). The second kappa shape index (κ2) is 11.7. The monoisotopic (exact) mass is 499 g/mol. The minimum absolute atomic E-state index is 0.240. The molecule has 0 spiro atoms. The Hall–Kier alpha value is -3.37. The predicted octanol–water partition coefficient (Wildman–Crippen LogP) is 4.15. The third kappa shape index (κ3) is 6.58. The number of aryl methyl sites for hydroxylation is 1. The number of hydrogen-bond acceptors (Lipinski definition) is 6. The van der Waals surface area contributed by atoms with Gasteiger partial charge >= 0.3 is 0 Å². The standard InChI is InChI=1S/C24H25N3O5S2/c1-19-11-13-20(14-12-19)18-33-16-15-25-24(28)17-26(21-7-3-2-4-8-21)34(31,32)23-10-6-5-9-22(23)27(29)30/h2-14H,15-18H2,1H3,(H,25,28). The zero-order chi connectivity index (χ0) is 24.6. The van der Waals surface area contributed by atoms with Crippen LogP contribution in [0.4, 0.5) is 11.4 Å². The summed E-state index contributed by atoms with van der Waals surface area (Å²) in [6.45, 7) is 1.89. The molecule has 1 amide bonds. The van der Waals surface area contributed by atoms with Crippen molar-refractivity contribution in [3.63, 3.8) is 0 Å². The molecule has 0 heterocycles. The van der Waals surface area contributed by atoms with Gasteiger partial charge in [0.1, 0.15) is 6.54 Å². The topological polar surface area (TPSA) is 110 Å². The largest absolute Gasteiger partial charge is 0.354 e. The Balaban J connectivity index is 1.68. The first-order valence-corrected chi connectivity index (χ1v) is 13.1. The fourth-order valence-corrected chi connectivity index (χ4v) is 5.58. The van der Waals surface area contributed by atoms with Crippen LogP contribution in [0.2, 0.25) is 0 Å². The summed E-state index contributed by atoms with van der Waals surface area (Å²) in [7, 11) is -4.37. The van der Waals surface area contributed by atoms with Gasteiger partial charge in [0, 0.05) is 24.1 Å². The first kappa shape index (κ1) is 25.3. The maximum absolute atomic E-state index is 13.4. The highest BCUT2D eigenvalue weighted by Crippen LogP contribution is 2.29. The van der Waals surface area contributed by atoms with Crippen LogP contribution >= 0.6 is 11.8 Å². The van der Waals surface area contributed by atoms with Crippen LogP contribution in [0.3, 0.4) is 0 Å². The van der Waals surface area contributed by atoms with Crippen molar-refractivity contribution >= 4 is 39.1 Å². The number of para-hydroxylation sites is 2. The Morgan fingerprint density at radius 2 is 1.65 bits per heavy atom. The molecular weight excluding hydrogens is 474 g/mol. The predicted molar refractivity (Wildman–Crippen MR) is 134 cm³/mol. The van der Waals surface area contributed by atoms with Crippen molar-refractivity contribution in [3.05, 3.63) is 100 Å². The molecule has 0 fully saturated rings. The molecule has 34 heavy (non-hydrogen) atoms. The number of nitrogens with zero attached hydrogens (tertiary/aromatic N) is 2. The number of amides is 1. The molecular formula is C24H25N3O5S2. The number of carbonyl (C=O) groups is 1. The van der Waals surface area contributed by atoms with Gasteiger partial charge in [-0.05, 0) is 30.7 Å². The summed E-state index contributed by atoms with van der Waals surface area (Å²) in [5.74, 6) is 0.960. The van der Waals surface area contributed by atoms with E-state index < -0.39 is 38.0 Å². The van der Waals surface area contributed by atoms with Crippen molar-refractivity contribution in [2.45, 2.75) is 17.6 Å². The zero-order valence-corrected chi connectivity index (χ0v) is 20.2. The normalized spacial score (nSPS) is 11.1. The Labute approximate surface area is 203 Å². The van der Waals surface area contributed by atoms with Gasteiger partial charge in [0.2, 0.25) is 5.91 Å². The molecule has 0 aliphatic heterocycles. The quantitative estimate of drug-likeness (QED) is 0.241. The molecule has 10 heteroatoms. The summed E-state index contributed by atoms with van der Waals surface area (Å²) in [5.41, 5.74) is 2.08. The van der Waals surface area contributed by atoms with Crippen molar-refractivity contribution in [3.8, 4) is 0 Å². The maximum Gasteiger partial charge on any atom is 0.289 e. The molecule has 0 aliphatic carbocycles. The van der Waals surface area contributed by atoms with E-state index >= 15 is 0 Å². The highest BCUT2D eigenvalue weighted by atomic mass is 32.2. The van der Waals surface area contributed by atoms with E-state index in [0.29, 0.717) is 12.3 Å². The molecule has 0 bridgehead atoms. The Morgan fingerprint density at radius 1 is 1.00 bits per heavy atom. The van der Waals surface area contributed by atoms with E-state index in [-0.39, 0.29) is 5.69 Å². The Bertz CT molecular complexity index is 1230. The van der Waals surface area contributed by atoms with E-state index in [2.05, 4.69) is 17.4 Å². The van der Waals surface area contributed by atoms with E-state index in [9.17, 15) is 23.3 Å². The lowest BCUT2D eigenvalue weighted by Crippen LogP contribution is -2.41. The molecule has 0 atom stereocenters. The third-order valence-electron chi connectivity index (χ3n) is 4.92. The number of sulfonamides is 1. The summed E-state index contributed by atoms with van der Waals surface area (Å²) in [4.78, 5) is 22.8. The molecule has 0 saturated carbocycles. The average molecular weight is 500 g/mol. The van der Waals surface area contributed by atoms with Crippen LogP contribution in [0.15, 0.2) is 83.8 Å². The summed E-state index contributed by atoms with van der Waals surface area (Å²) in [6.07, 6.45) is 0. The van der Waals surface area contributed by atoms with Crippen LogP contribution in [0.5, 0.6) is 0 Å². The summed E-state index contributed by atoms with van der Waals surface area (Å²) >= 11 is 1.66. The van der Waals surface area contributed by atoms with Gasteiger partial charge in [-0.15, -0.1) is 0 Å². The number of nitro groups is 1. The third-order valence-corrected chi connectivity index (χ3v) is 7.77. The molecule has 1 N–H and O–H groups in total. The van der Waals surface area contributed by atoms with Gasteiger partial charge in [0.05, 0.1) is 10.6 Å². The summed E-state index contributed by atoms with van der Waals surface area (Å²) in [5, 5.41) is 14.2. The molecule has 0 unspecified atom stereocenters. The molecule has 8 nitrogen and oxygen atoms in total. The Kier molecular flexibility index (Phi) is 8.67. The first-order valence-electron chi connectivity index (χ1n) is 10.5. The number of benzene rings is 3. The van der Waals surface area contributed by atoms with E-state index in [1.54, 1.807) is 30.0 Å². The lowest BCUT2D eigenvalue weighted by atomic mass is 10.2. The lowest BCUT2D eigenvalue weighted by Gasteiger charge is -2.24. The van der Waals surface area contributed by atoms with E-state index in [4.69, 9.17) is 0 Å². The molecule has 3 aromatic carbocycles. The van der Waals surface area contributed by atoms with Crippen molar-refractivity contribution in [2.75, 3.05) is 23.1 Å². The van der Waals surface area contributed by atoms with E-state index in [1.807, 2.05) is 19.1 Å².